The number of benzene rings is 1. The van der Waals surface area contributed by atoms with Gasteiger partial charge in [0.05, 0.1) is 0 Å². The summed E-state index contributed by atoms with van der Waals surface area (Å²) in [6.07, 6.45) is 2.30. The number of halogens is 2. The molecule has 1 saturated carbocycles. The van der Waals surface area contributed by atoms with E-state index in [1.165, 1.54) is 35.4 Å². The molecule has 6 nitrogen and oxygen atoms in total. The van der Waals surface area contributed by atoms with Crippen molar-refractivity contribution < 1.29 is 17.9 Å². The van der Waals surface area contributed by atoms with Crippen molar-refractivity contribution in [1.82, 2.24) is 19.6 Å². The van der Waals surface area contributed by atoms with Crippen LogP contribution in [0.2, 0.25) is 0 Å². The molecule has 0 spiro atoms. The van der Waals surface area contributed by atoms with E-state index in [1.54, 1.807) is 12.1 Å². The lowest BCUT2D eigenvalue weighted by atomic mass is 10.2. The second-order valence-corrected chi connectivity index (χ2v) is 7.02. The molecule has 1 aromatic carbocycles. The van der Waals surface area contributed by atoms with E-state index < -0.39 is 6.61 Å². The summed E-state index contributed by atoms with van der Waals surface area (Å²) in [5.74, 6) is 1.76. The topological polar surface area (TPSA) is 73.9 Å². The average Bonchev–Trinajstić information content (AvgIpc) is 3.13. The van der Waals surface area contributed by atoms with Crippen LogP contribution in [0.5, 0.6) is 5.75 Å². The molecular formula is C14H10F2N4O2S2. The number of aromatic nitrogens is 4. The van der Waals surface area contributed by atoms with Crippen molar-refractivity contribution >= 4 is 23.3 Å². The summed E-state index contributed by atoms with van der Waals surface area (Å²) in [5, 5.41) is 8.28. The molecule has 10 heteroatoms. The van der Waals surface area contributed by atoms with Crippen molar-refractivity contribution in [3.8, 4) is 17.2 Å². The second kappa shape index (κ2) is 6.44. The van der Waals surface area contributed by atoms with Gasteiger partial charge in [0.1, 0.15) is 11.6 Å². The second-order valence-electron chi connectivity index (χ2n) is 5.07. The van der Waals surface area contributed by atoms with Crippen LogP contribution in [0.1, 0.15) is 24.6 Å². The minimum atomic E-state index is -2.85. The van der Waals surface area contributed by atoms with Gasteiger partial charge in [-0.3, -0.25) is 0 Å². The van der Waals surface area contributed by atoms with Gasteiger partial charge in [0, 0.05) is 23.2 Å². The average molecular weight is 368 g/mol. The molecule has 1 fully saturated rings. The molecule has 24 heavy (non-hydrogen) atoms. The van der Waals surface area contributed by atoms with Crippen LogP contribution < -0.4 is 4.74 Å². The molecule has 3 aromatic rings. The standard InChI is InChI=1S/C14H10F2N4O2S2/c15-12(16)21-9-5-3-8(4-6-9)11-18-19-13(22-11)23-14-17-10(20-24-14)7-1-2-7/h3-7,12H,1-2H2. The summed E-state index contributed by atoms with van der Waals surface area (Å²) in [6, 6.07) is 6.00. The summed E-state index contributed by atoms with van der Waals surface area (Å²) in [5.41, 5.74) is 0.617. The van der Waals surface area contributed by atoms with Gasteiger partial charge < -0.3 is 9.15 Å². The zero-order chi connectivity index (χ0) is 16.5. The summed E-state index contributed by atoms with van der Waals surface area (Å²) >= 11 is 2.57. The lowest BCUT2D eigenvalue weighted by molar-refractivity contribution is -0.0498. The number of hydrogen-bond donors (Lipinski definition) is 0. The molecule has 4 rings (SSSR count). The maximum absolute atomic E-state index is 12.1. The Kier molecular flexibility index (Phi) is 4.15. The molecule has 0 atom stereocenters. The maximum Gasteiger partial charge on any atom is 0.387 e. The van der Waals surface area contributed by atoms with Gasteiger partial charge in [-0.2, -0.15) is 13.2 Å². The van der Waals surface area contributed by atoms with Crippen LogP contribution in [-0.2, 0) is 0 Å². The quantitative estimate of drug-likeness (QED) is 0.645. The zero-order valence-corrected chi connectivity index (χ0v) is 13.7. The summed E-state index contributed by atoms with van der Waals surface area (Å²) in [7, 11) is 0. The van der Waals surface area contributed by atoms with Gasteiger partial charge in [-0.1, -0.05) is 0 Å². The molecule has 0 aliphatic heterocycles. The van der Waals surface area contributed by atoms with Crippen molar-refractivity contribution in [3.63, 3.8) is 0 Å². The van der Waals surface area contributed by atoms with E-state index in [2.05, 4.69) is 24.3 Å². The molecule has 1 aliphatic carbocycles. The summed E-state index contributed by atoms with van der Waals surface area (Å²) < 4.78 is 39.2. The number of nitrogens with zero attached hydrogens (tertiary/aromatic N) is 4. The van der Waals surface area contributed by atoms with Crippen molar-refractivity contribution in [3.05, 3.63) is 30.1 Å². The van der Waals surface area contributed by atoms with Crippen molar-refractivity contribution in [2.75, 3.05) is 0 Å². The van der Waals surface area contributed by atoms with Crippen molar-refractivity contribution in [2.45, 2.75) is 34.9 Å². The Balaban J connectivity index is 1.45. The molecule has 0 amide bonds. The van der Waals surface area contributed by atoms with Crippen LogP contribution in [0.4, 0.5) is 8.78 Å². The molecule has 0 bridgehead atoms. The van der Waals surface area contributed by atoms with Gasteiger partial charge in [0.15, 0.2) is 4.34 Å². The van der Waals surface area contributed by atoms with E-state index in [0.29, 0.717) is 22.6 Å². The fourth-order valence-corrected chi connectivity index (χ4v) is 3.45. The van der Waals surface area contributed by atoms with E-state index >= 15 is 0 Å². The Labute approximate surface area is 143 Å². The van der Waals surface area contributed by atoms with Crippen LogP contribution in [0.15, 0.2) is 38.2 Å². The Morgan fingerprint density at radius 2 is 2.00 bits per heavy atom. The monoisotopic (exact) mass is 368 g/mol. The Bertz CT molecular complexity index is 833. The minimum absolute atomic E-state index is 0.0735. The van der Waals surface area contributed by atoms with Crippen LogP contribution in [-0.4, -0.2) is 26.2 Å². The number of ether oxygens (including phenoxy) is 1. The molecule has 1 aliphatic rings. The highest BCUT2D eigenvalue weighted by atomic mass is 32.2. The van der Waals surface area contributed by atoms with Gasteiger partial charge >= 0.3 is 6.61 Å². The van der Waals surface area contributed by atoms with E-state index in [4.69, 9.17) is 4.42 Å². The van der Waals surface area contributed by atoms with Gasteiger partial charge in [-0.15, -0.1) is 10.2 Å². The fraction of sp³-hybridized carbons (Fsp3) is 0.286. The maximum atomic E-state index is 12.1. The van der Waals surface area contributed by atoms with E-state index in [-0.39, 0.29) is 5.75 Å². The zero-order valence-electron chi connectivity index (χ0n) is 12.1. The molecule has 2 aromatic heterocycles. The van der Waals surface area contributed by atoms with Gasteiger partial charge in [-0.05, 0) is 48.6 Å². The van der Waals surface area contributed by atoms with E-state index in [1.807, 2.05) is 0 Å². The number of hydrogen-bond acceptors (Lipinski definition) is 8. The SMILES string of the molecule is FC(F)Oc1ccc(-c2nnc(Sc3nc(C4CC4)ns3)o2)cc1. The molecule has 0 saturated heterocycles. The molecule has 0 radical (unpaired) electrons. The van der Waals surface area contributed by atoms with Gasteiger partial charge in [0.2, 0.25) is 5.89 Å². The third-order valence-electron chi connectivity index (χ3n) is 3.27. The number of rotatable bonds is 6. The minimum Gasteiger partial charge on any atom is -0.435 e. The fourth-order valence-electron chi connectivity index (χ4n) is 1.99. The summed E-state index contributed by atoms with van der Waals surface area (Å²) in [6.45, 7) is -2.85. The lowest BCUT2D eigenvalue weighted by Crippen LogP contribution is -2.01. The third kappa shape index (κ3) is 3.54. The predicted molar refractivity (Wildman–Crippen MR) is 82.4 cm³/mol. The third-order valence-corrected chi connectivity index (χ3v) is 4.88. The molecule has 0 N–H and O–H groups in total. The van der Waals surface area contributed by atoms with Crippen LogP contribution >= 0.6 is 23.3 Å². The molecule has 2 heterocycles. The predicted octanol–water partition coefficient (Wildman–Crippen LogP) is 4.22. The Hall–Kier alpha value is -2.07. The van der Waals surface area contributed by atoms with Crippen molar-refractivity contribution in [1.29, 1.82) is 0 Å². The summed E-state index contributed by atoms with van der Waals surface area (Å²) in [4.78, 5) is 4.44. The van der Waals surface area contributed by atoms with Gasteiger partial charge in [0.25, 0.3) is 5.22 Å². The van der Waals surface area contributed by atoms with Crippen LogP contribution in [0, 0.1) is 0 Å². The lowest BCUT2D eigenvalue weighted by Gasteiger charge is -2.03. The molecular weight excluding hydrogens is 358 g/mol. The van der Waals surface area contributed by atoms with E-state index in [9.17, 15) is 8.78 Å². The molecule has 124 valence electrons. The van der Waals surface area contributed by atoms with Gasteiger partial charge in [-0.25, -0.2) is 4.98 Å². The normalized spacial score (nSPS) is 14.3. The highest BCUT2D eigenvalue weighted by Gasteiger charge is 2.28. The Morgan fingerprint density at radius 3 is 2.71 bits per heavy atom. The molecule has 0 unspecified atom stereocenters. The van der Waals surface area contributed by atoms with Crippen molar-refractivity contribution in [2.24, 2.45) is 0 Å². The van der Waals surface area contributed by atoms with E-state index in [0.717, 1.165) is 23.0 Å². The Morgan fingerprint density at radius 1 is 1.21 bits per heavy atom. The first-order valence-electron chi connectivity index (χ1n) is 7.07. The van der Waals surface area contributed by atoms with Crippen LogP contribution in [0.3, 0.4) is 0 Å². The smallest absolute Gasteiger partial charge is 0.387 e. The number of alkyl halides is 2. The highest BCUT2D eigenvalue weighted by Crippen LogP contribution is 2.40. The first-order chi connectivity index (χ1) is 11.7. The first-order valence-corrected chi connectivity index (χ1v) is 8.66. The largest absolute Gasteiger partial charge is 0.435 e. The van der Waals surface area contributed by atoms with Crippen LogP contribution in [0.25, 0.3) is 11.5 Å². The first kappa shape index (κ1) is 15.5. The highest BCUT2D eigenvalue weighted by molar-refractivity contribution is 8.00.